The molecule has 0 aromatic rings. The summed E-state index contributed by atoms with van der Waals surface area (Å²) >= 11 is 0. The van der Waals surface area contributed by atoms with Crippen LogP contribution in [0.5, 0.6) is 0 Å². The molecule has 6 nitrogen and oxygen atoms in total. The van der Waals surface area contributed by atoms with Crippen molar-refractivity contribution in [2.45, 2.75) is 45.8 Å². The fourth-order valence-corrected chi connectivity index (χ4v) is 1.71. The first-order valence-corrected chi connectivity index (χ1v) is 6.23. The Morgan fingerprint density at radius 1 is 1.39 bits per heavy atom. The van der Waals surface area contributed by atoms with Gasteiger partial charge in [-0.15, -0.1) is 0 Å². The summed E-state index contributed by atoms with van der Waals surface area (Å²) in [5, 5.41) is 2.72. The first-order valence-electron chi connectivity index (χ1n) is 6.23. The van der Waals surface area contributed by atoms with E-state index in [9.17, 15) is 9.59 Å². The molecule has 0 aliphatic carbocycles. The Balaban J connectivity index is 2.37. The number of nitrogens with zero attached hydrogens (tertiary/aromatic N) is 1. The second-order valence-corrected chi connectivity index (χ2v) is 5.28. The Hall–Kier alpha value is -1.46. The minimum atomic E-state index is -0.496. The number of hydrogen-bond acceptors (Lipinski definition) is 4. The zero-order valence-electron chi connectivity index (χ0n) is 11.5. The number of likely N-dealkylation sites (tertiary alicyclic amines) is 1. The molecule has 1 aliphatic rings. The summed E-state index contributed by atoms with van der Waals surface area (Å²) < 4.78 is 10.1. The fraction of sp³-hybridized carbons (Fsp3) is 0.833. The monoisotopic (exact) mass is 258 g/mol. The van der Waals surface area contributed by atoms with Crippen LogP contribution in [0.15, 0.2) is 0 Å². The van der Waals surface area contributed by atoms with E-state index in [1.807, 2.05) is 20.8 Å². The lowest BCUT2D eigenvalue weighted by molar-refractivity contribution is 0.0290. The van der Waals surface area contributed by atoms with Crippen LogP contribution in [-0.4, -0.2) is 48.4 Å². The molecule has 1 heterocycles. The molecule has 1 fully saturated rings. The number of alkyl carbamates (subject to hydrolysis) is 1. The molecule has 0 aromatic carbocycles. The molecule has 6 heteroatoms. The van der Waals surface area contributed by atoms with Gasteiger partial charge in [-0.1, -0.05) is 0 Å². The van der Waals surface area contributed by atoms with E-state index >= 15 is 0 Å². The maximum absolute atomic E-state index is 11.8. The van der Waals surface area contributed by atoms with Crippen LogP contribution in [0.2, 0.25) is 0 Å². The number of carbonyl (C=O) groups excluding carboxylic acids is 2. The second kappa shape index (κ2) is 5.93. The predicted octanol–water partition coefficient (Wildman–Crippen LogP) is 1.74. The summed E-state index contributed by atoms with van der Waals surface area (Å²) in [5.41, 5.74) is -0.496. The van der Waals surface area contributed by atoms with Gasteiger partial charge in [-0.2, -0.15) is 0 Å². The van der Waals surface area contributed by atoms with Crippen molar-refractivity contribution in [1.29, 1.82) is 0 Å². The van der Waals surface area contributed by atoms with Crippen LogP contribution in [0.1, 0.15) is 34.1 Å². The van der Waals surface area contributed by atoms with Gasteiger partial charge in [-0.25, -0.2) is 9.59 Å². The van der Waals surface area contributed by atoms with Gasteiger partial charge in [0.25, 0.3) is 0 Å². The van der Waals surface area contributed by atoms with Gasteiger partial charge < -0.3 is 19.7 Å². The Morgan fingerprint density at radius 3 is 2.61 bits per heavy atom. The third kappa shape index (κ3) is 4.81. The van der Waals surface area contributed by atoms with Gasteiger partial charge in [0.05, 0.1) is 12.6 Å². The van der Waals surface area contributed by atoms with Gasteiger partial charge in [0.1, 0.15) is 5.60 Å². The number of nitrogens with one attached hydrogen (secondary N) is 1. The molecule has 104 valence electrons. The van der Waals surface area contributed by atoms with Crippen molar-refractivity contribution in [3.8, 4) is 0 Å². The van der Waals surface area contributed by atoms with Crippen molar-refractivity contribution >= 4 is 12.2 Å². The smallest absolute Gasteiger partial charge is 0.410 e. The van der Waals surface area contributed by atoms with E-state index in [1.165, 1.54) is 0 Å². The molecule has 0 spiro atoms. The average Bonchev–Trinajstić information content (AvgIpc) is 2.63. The van der Waals surface area contributed by atoms with Crippen molar-refractivity contribution in [3.63, 3.8) is 0 Å². The standard InChI is InChI=1S/C12H22N2O4/c1-5-17-10(15)13-9-6-7-14(8-9)11(16)18-12(2,3)4/h9H,5-8H2,1-4H3,(H,13,15). The highest BCUT2D eigenvalue weighted by Gasteiger charge is 2.30. The summed E-state index contributed by atoms with van der Waals surface area (Å²) in [5.74, 6) is 0. The second-order valence-electron chi connectivity index (χ2n) is 5.28. The van der Waals surface area contributed by atoms with Gasteiger partial charge in [0, 0.05) is 13.1 Å². The maximum Gasteiger partial charge on any atom is 0.410 e. The van der Waals surface area contributed by atoms with E-state index < -0.39 is 11.7 Å². The summed E-state index contributed by atoms with van der Waals surface area (Å²) in [4.78, 5) is 24.6. The molecule has 2 amide bonds. The normalized spacial score (nSPS) is 19.6. The van der Waals surface area contributed by atoms with E-state index in [2.05, 4.69) is 5.32 Å². The maximum atomic E-state index is 11.8. The van der Waals surface area contributed by atoms with Crippen LogP contribution in [-0.2, 0) is 9.47 Å². The van der Waals surface area contributed by atoms with E-state index in [0.717, 1.165) is 6.42 Å². The van der Waals surface area contributed by atoms with Crippen LogP contribution in [0, 0.1) is 0 Å². The van der Waals surface area contributed by atoms with E-state index in [0.29, 0.717) is 19.7 Å². The van der Waals surface area contributed by atoms with Crippen molar-refractivity contribution in [1.82, 2.24) is 10.2 Å². The third-order valence-electron chi connectivity index (χ3n) is 2.44. The Bertz CT molecular complexity index is 312. The fourth-order valence-electron chi connectivity index (χ4n) is 1.71. The predicted molar refractivity (Wildman–Crippen MR) is 66.4 cm³/mol. The molecule has 1 aliphatic heterocycles. The topological polar surface area (TPSA) is 67.9 Å². The number of amides is 2. The lowest BCUT2D eigenvalue weighted by atomic mass is 10.2. The highest BCUT2D eigenvalue weighted by atomic mass is 16.6. The Kier molecular flexibility index (Phi) is 4.81. The summed E-state index contributed by atoms with van der Waals surface area (Å²) in [6.45, 7) is 8.63. The lowest BCUT2D eigenvalue weighted by Gasteiger charge is -2.24. The number of carbonyl (C=O) groups is 2. The summed E-state index contributed by atoms with van der Waals surface area (Å²) in [7, 11) is 0. The lowest BCUT2D eigenvalue weighted by Crippen LogP contribution is -2.40. The van der Waals surface area contributed by atoms with Crippen molar-refractivity contribution in [2.75, 3.05) is 19.7 Å². The number of ether oxygens (including phenoxy) is 2. The molecule has 1 atom stereocenters. The number of hydrogen-bond donors (Lipinski definition) is 1. The highest BCUT2D eigenvalue weighted by Crippen LogP contribution is 2.15. The molecule has 1 N–H and O–H groups in total. The molecule has 0 bridgehead atoms. The van der Waals surface area contributed by atoms with Crippen molar-refractivity contribution in [2.24, 2.45) is 0 Å². The zero-order valence-corrected chi connectivity index (χ0v) is 11.5. The molecule has 0 saturated carbocycles. The molecule has 1 saturated heterocycles. The first-order chi connectivity index (χ1) is 8.31. The molecule has 18 heavy (non-hydrogen) atoms. The van der Waals surface area contributed by atoms with Crippen LogP contribution in [0.3, 0.4) is 0 Å². The van der Waals surface area contributed by atoms with Crippen LogP contribution in [0.4, 0.5) is 9.59 Å². The van der Waals surface area contributed by atoms with Crippen molar-refractivity contribution < 1.29 is 19.1 Å². The van der Waals surface area contributed by atoms with Crippen LogP contribution >= 0.6 is 0 Å². The molecule has 1 rings (SSSR count). The molecule has 0 aromatic heterocycles. The van der Waals surface area contributed by atoms with E-state index in [-0.39, 0.29) is 12.1 Å². The average molecular weight is 258 g/mol. The zero-order chi connectivity index (χ0) is 13.8. The molecular weight excluding hydrogens is 236 g/mol. The first kappa shape index (κ1) is 14.6. The van der Waals surface area contributed by atoms with Gasteiger partial charge in [0.2, 0.25) is 0 Å². The number of rotatable bonds is 2. The third-order valence-corrected chi connectivity index (χ3v) is 2.44. The van der Waals surface area contributed by atoms with Gasteiger partial charge in [-0.05, 0) is 34.1 Å². The molecular formula is C12H22N2O4. The van der Waals surface area contributed by atoms with E-state index in [1.54, 1.807) is 11.8 Å². The quantitative estimate of drug-likeness (QED) is 0.819. The highest BCUT2D eigenvalue weighted by molar-refractivity contribution is 5.70. The van der Waals surface area contributed by atoms with Crippen LogP contribution < -0.4 is 5.32 Å². The minimum absolute atomic E-state index is 0.0587. The molecule has 1 unspecified atom stereocenters. The minimum Gasteiger partial charge on any atom is -0.450 e. The van der Waals surface area contributed by atoms with Gasteiger partial charge in [0.15, 0.2) is 0 Å². The van der Waals surface area contributed by atoms with Crippen LogP contribution in [0.25, 0.3) is 0 Å². The van der Waals surface area contributed by atoms with Gasteiger partial charge in [-0.3, -0.25) is 0 Å². The Morgan fingerprint density at radius 2 is 2.06 bits per heavy atom. The molecule has 0 radical (unpaired) electrons. The largest absolute Gasteiger partial charge is 0.450 e. The summed E-state index contributed by atoms with van der Waals surface area (Å²) in [6.07, 6.45) is -0.0536. The van der Waals surface area contributed by atoms with Crippen molar-refractivity contribution in [3.05, 3.63) is 0 Å². The summed E-state index contributed by atoms with van der Waals surface area (Å²) in [6, 6.07) is -0.0587. The Labute approximate surface area is 108 Å². The van der Waals surface area contributed by atoms with Gasteiger partial charge >= 0.3 is 12.2 Å². The van der Waals surface area contributed by atoms with E-state index in [4.69, 9.17) is 9.47 Å². The SMILES string of the molecule is CCOC(=O)NC1CCN(C(=O)OC(C)(C)C)C1.